The van der Waals surface area contributed by atoms with E-state index in [0.717, 1.165) is 19.6 Å². The predicted molar refractivity (Wildman–Crippen MR) is 89.5 cm³/mol. The summed E-state index contributed by atoms with van der Waals surface area (Å²) in [6.45, 7) is 12.9. The maximum absolute atomic E-state index is 11.9. The summed E-state index contributed by atoms with van der Waals surface area (Å²) in [6, 6.07) is 9.02. The fourth-order valence-electron chi connectivity index (χ4n) is 2.42. The van der Waals surface area contributed by atoms with Crippen LogP contribution in [0.4, 0.5) is 0 Å². The minimum absolute atomic E-state index is 0.231. The molecule has 1 N–H and O–H groups in total. The number of benzene rings is 1. The lowest BCUT2D eigenvalue weighted by molar-refractivity contribution is -0.130. The number of amides is 1. The highest BCUT2D eigenvalue weighted by Gasteiger charge is 2.10. The van der Waals surface area contributed by atoms with Crippen molar-refractivity contribution in [2.75, 3.05) is 19.6 Å². The molecule has 0 saturated heterocycles. The quantitative estimate of drug-likeness (QED) is 0.791. The first-order valence-corrected chi connectivity index (χ1v) is 8.10. The van der Waals surface area contributed by atoms with Gasteiger partial charge in [0.15, 0.2) is 0 Å². The summed E-state index contributed by atoms with van der Waals surface area (Å²) in [5.74, 6) is 0.795. The molecule has 1 unspecified atom stereocenters. The molecule has 0 radical (unpaired) electrons. The summed E-state index contributed by atoms with van der Waals surface area (Å²) < 4.78 is 0. The maximum Gasteiger partial charge on any atom is 0.223 e. The molecule has 118 valence electrons. The third-order valence-corrected chi connectivity index (χ3v) is 4.01. The van der Waals surface area contributed by atoms with E-state index in [-0.39, 0.29) is 11.9 Å². The van der Waals surface area contributed by atoms with Crippen LogP contribution >= 0.6 is 0 Å². The standard InChI is InChI=1S/C18H30N2O/c1-6-20(7-2)18(21)12-13-19-15(5)17-10-8-16(9-11-17)14(3)4/h8-11,14-15,19H,6-7,12-13H2,1-5H3. The van der Waals surface area contributed by atoms with Gasteiger partial charge in [-0.25, -0.2) is 0 Å². The Kier molecular flexibility index (Phi) is 7.44. The molecule has 0 fully saturated rings. The molecule has 1 atom stereocenters. The number of rotatable bonds is 8. The number of carbonyl (C=O) groups is 1. The minimum Gasteiger partial charge on any atom is -0.343 e. The molecule has 0 aromatic heterocycles. The van der Waals surface area contributed by atoms with Crippen LogP contribution in [0.3, 0.4) is 0 Å². The Morgan fingerprint density at radius 1 is 1.05 bits per heavy atom. The molecule has 0 aliphatic rings. The van der Waals surface area contributed by atoms with Crippen molar-refractivity contribution in [3.8, 4) is 0 Å². The minimum atomic E-state index is 0.231. The summed E-state index contributed by atoms with van der Waals surface area (Å²) in [6.07, 6.45) is 0.566. The van der Waals surface area contributed by atoms with Crippen molar-refractivity contribution in [3.63, 3.8) is 0 Å². The summed E-state index contributed by atoms with van der Waals surface area (Å²) >= 11 is 0. The molecule has 0 aliphatic carbocycles. The first-order chi connectivity index (χ1) is 9.99. The largest absolute Gasteiger partial charge is 0.343 e. The molecule has 3 nitrogen and oxygen atoms in total. The lowest BCUT2D eigenvalue weighted by atomic mass is 9.99. The lowest BCUT2D eigenvalue weighted by Crippen LogP contribution is -2.33. The van der Waals surface area contributed by atoms with Gasteiger partial charge in [0.05, 0.1) is 0 Å². The average Bonchev–Trinajstić information content (AvgIpc) is 2.48. The van der Waals surface area contributed by atoms with E-state index in [0.29, 0.717) is 12.3 Å². The van der Waals surface area contributed by atoms with Gasteiger partial charge in [-0.15, -0.1) is 0 Å². The zero-order chi connectivity index (χ0) is 15.8. The molecular formula is C18H30N2O. The Labute approximate surface area is 129 Å². The summed E-state index contributed by atoms with van der Waals surface area (Å²) in [4.78, 5) is 13.8. The molecule has 0 aliphatic heterocycles. The number of hydrogen-bond acceptors (Lipinski definition) is 2. The average molecular weight is 290 g/mol. The third kappa shape index (κ3) is 5.50. The molecule has 1 aromatic rings. The second kappa shape index (κ2) is 8.83. The Morgan fingerprint density at radius 2 is 1.57 bits per heavy atom. The number of nitrogens with one attached hydrogen (secondary N) is 1. The van der Waals surface area contributed by atoms with E-state index in [1.807, 2.05) is 18.7 Å². The molecule has 1 amide bonds. The SMILES string of the molecule is CCN(CC)C(=O)CCNC(C)c1ccc(C(C)C)cc1. The van der Waals surface area contributed by atoms with E-state index in [1.54, 1.807) is 0 Å². The zero-order valence-corrected chi connectivity index (χ0v) is 14.1. The lowest BCUT2D eigenvalue weighted by Gasteiger charge is -2.20. The van der Waals surface area contributed by atoms with E-state index >= 15 is 0 Å². The van der Waals surface area contributed by atoms with Crippen LogP contribution in [-0.4, -0.2) is 30.4 Å². The van der Waals surface area contributed by atoms with Crippen molar-refractivity contribution in [1.82, 2.24) is 10.2 Å². The fourth-order valence-corrected chi connectivity index (χ4v) is 2.42. The first kappa shape index (κ1) is 17.7. The van der Waals surface area contributed by atoms with Crippen LogP contribution in [0.1, 0.15) is 64.1 Å². The van der Waals surface area contributed by atoms with Gasteiger partial charge in [0.2, 0.25) is 5.91 Å². The van der Waals surface area contributed by atoms with Gasteiger partial charge in [0.1, 0.15) is 0 Å². The molecule has 0 saturated carbocycles. The highest BCUT2D eigenvalue weighted by molar-refractivity contribution is 5.76. The van der Waals surface area contributed by atoms with Gasteiger partial charge in [0.25, 0.3) is 0 Å². The Bertz CT molecular complexity index is 421. The Morgan fingerprint density at radius 3 is 2.05 bits per heavy atom. The van der Waals surface area contributed by atoms with Gasteiger partial charge in [-0.05, 0) is 37.8 Å². The summed E-state index contributed by atoms with van der Waals surface area (Å²) in [7, 11) is 0. The number of nitrogens with zero attached hydrogens (tertiary/aromatic N) is 1. The smallest absolute Gasteiger partial charge is 0.223 e. The number of hydrogen-bond donors (Lipinski definition) is 1. The van der Waals surface area contributed by atoms with Gasteiger partial charge >= 0.3 is 0 Å². The van der Waals surface area contributed by atoms with Gasteiger partial charge < -0.3 is 10.2 Å². The third-order valence-electron chi connectivity index (χ3n) is 4.01. The summed E-state index contributed by atoms with van der Waals surface area (Å²) in [5, 5.41) is 3.43. The highest BCUT2D eigenvalue weighted by atomic mass is 16.2. The van der Waals surface area contributed by atoms with Crippen LogP contribution in [0.2, 0.25) is 0 Å². The van der Waals surface area contributed by atoms with Crippen molar-refractivity contribution in [3.05, 3.63) is 35.4 Å². The van der Waals surface area contributed by atoms with E-state index < -0.39 is 0 Å². The van der Waals surface area contributed by atoms with Gasteiger partial charge in [-0.3, -0.25) is 4.79 Å². The second-order valence-corrected chi connectivity index (χ2v) is 5.81. The zero-order valence-electron chi connectivity index (χ0n) is 14.1. The van der Waals surface area contributed by atoms with Crippen LogP contribution < -0.4 is 5.32 Å². The first-order valence-electron chi connectivity index (χ1n) is 8.10. The fraction of sp³-hybridized carbons (Fsp3) is 0.611. The van der Waals surface area contributed by atoms with Gasteiger partial charge in [0, 0.05) is 32.1 Å². The van der Waals surface area contributed by atoms with Crippen molar-refractivity contribution in [2.45, 2.75) is 53.0 Å². The van der Waals surface area contributed by atoms with Crippen LogP contribution in [0.15, 0.2) is 24.3 Å². The van der Waals surface area contributed by atoms with E-state index in [9.17, 15) is 4.79 Å². The normalized spacial score (nSPS) is 12.5. The van der Waals surface area contributed by atoms with Gasteiger partial charge in [-0.2, -0.15) is 0 Å². The monoisotopic (exact) mass is 290 g/mol. The molecular weight excluding hydrogens is 260 g/mol. The molecule has 0 spiro atoms. The Hall–Kier alpha value is -1.35. The van der Waals surface area contributed by atoms with Crippen LogP contribution in [0.5, 0.6) is 0 Å². The van der Waals surface area contributed by atoms with Crippen LogP contribution in [0, 0.1) is 0 Å². The van der Waals surface area contributed by atoms with Crippen molar-refractivity contribution in [2.24, 2.45) is 0 Å². The number of carbonyl (C=O) groups excluding carboxylic acids is 1. The molecule has 0 bridgehead atoms. The molecule has 1 rings (SSSR count). The van der Waals surface area contributed by atoms with E-state index in [4.69, 9.17) is 0 Å². The highest BCUT2D eigenvalue weighted by Crippen LogP contribution is 2.18. The van der Waals surface area contributed by atoms with Crippen molar-refractivity contribution >= 4 is 5.91 Å². The van der Waals surface area contributed by atoms with Crippen LogP contribution in [0.25, 0.3) is 0 Å². The molecule has 3 heteroatoms. The van der Waals surface area contributed by atoms with Crippen LogP contribution in [-0.2, 0) is 4.79 Å². The molecule has 1 aromatic carbocycles. The predicted octanol–water partition coefficient (Wildman–Crippen LogP) is 3.72. The molecule has 0 heterocycles. The molecule has 21 heavy (non-hydrogen) atoms. The topological polar surface area (TPSA) is 32.3 Å². The second-order valence-electron chi connectivity index (χ2n) is 5.81. The van der Waals surface area contributed by atoms with E-state index in [1.165, 1.54) is 11.1 Å². The Balaban J connectivity index is 2.43. The maximum atomic E-state index is 11.9. The van der Waals surface area contributed by atoms with Crippen molar-refractivity contribution < 1.29 is 4.79 Å². The van der Waals surface area contributed by atoms with E-state index in [2.05, 4.69) is 50.4 Å². The summed E-state index contributed by atoms with van der Waals surface area (Å²) in [5.41, 5.74) is 2.64. The van der Waals surface area contributed by atoms with Gasteiger partial charge in [-0.1, -0.05) is 38.1 Å². The van der Waals surface area contributed by atoms with Crippen molar-refractivity contribution in [1.29, 1.82) is 0 Å².